The van der Waals surface area contributed by atoms with Gasteiger partial charge in [0.05, 0.1) is 26.4 Å². The Kier molecular flexibility index (Phi) is 4.48. The zero-order valence-electron chi connectivity index (χ0n) is 16.0. The SMILES string of the molecule is COc1cccc([C@H]2CN(C(=O)N3CCOCC3)[C@@H]3C4CCN(CC4)[C@H]23)c1. The average Bonchev–Trinajstić information content (AvgIpc) is 3.18. The molecule has 146 valence electrons. The zero-order valence-corrected chi connectivity index (χ0v) is 16.0. The van der Waals surface area contributed by atoms with Crippen LogP contribution in [0.25, 0.3) is 0 Å². The van der Waals surface area contributed by atoms with Crippen molar-refractivity contribution in [1.29, 1.82) is 0 Å². The summed E-state index contributed by atoms with van der Waals surface area (Å²) in [4.78, 5) is 20.2. The van der Waals surface area contributed by atoms with Crippen LogP contribution in [-0.2, 0) is 4.74 Å². The third-order valence-electron chi connectivity index (χ3n) is 7.04. The highest BCUT2D eigenvalue weighted by atomic mass is 16.5. The molecule has 27 heavy (non-hydrogen) atoms. The second-order valence-corrected chi connectivity index (χ2v) is 8.27. The molecule has 0 aliphatic carbocycles. The van der Waals surface area contributed by atoms with Crippen molar-refractivity contribution in [2.45, 2.75) is 30.8 Å². The lowest BCUT2D eigenvalue weighted by Crippen LogP contribution is -2.62. The van der Waals surface area contributed by atoms with Crippen LogP contribution in [-0.4, -0.2) is 85.9 Å². The minimum Gasteiger partial charge on any atom is -0.497 e. The van der Waals surface area contributed by atoms with Gasteiger partial charge in [0.1, 0.15) is 5.75 Å². The van der Waals surface area contributed by atoms with Crippen molar-refractivity contribution in [3.8, 4) is 5.75 Å². The number of fused-ring (bicyclic) bond motifs is 2. The molecule has 0 N–H and O–H groups in total. The molecule has 1 aromatic rings. The Morgan fingerprint density at radius 1 is 1.11 bits per heavy atom. The minimum atomic E-state index is 0.215. The molecule has 2 bridgehead atoms. The smallest absolute Gasteiger partial charge is 0.320 e. The van der Waals surface area contributed by atoms with Crippen molar-refractivity contribution < 1.29 is 14.3 Å². The highest BCUT2D eigenvalue weighted by Gasteiger charge is 2.55. The van der Waals surface area contributed by atoms with Gasteiger partial charge in [-0.1, -0.05) is 12.1 Å². The molecule has 3 atom stereocenters. The van der Waals surface area contributed by atoms with E-state index in [9.17, 15) is 4.79 Å². The van der Waals surface area contributed by atoms with Gasteiger partial charge in [0, 0.05) is 31.6 Å². The first-order valence-electron chi connectivity index (χ1n) is 10.3. The van der Waals surface area contributed by atoms with Gasteiger partial charge < -0.3 is 19.3 Å². The summed E-state index contributed by atoms with van der Waals surface area (Å²) in [5.41, 5.74) is 1.30. The van der Waals surface area contributed by atoms with Gasteiger partial charge in [-0.05, 0) is 49.5 Å². The Balaban J connectivity index is 1.47. The molecule has 0 aromatic heterocycles. The van der Waals surface area contributed by atoms with Crippen LogP contribution in [0.4, 0.5) is 4.79 Å². The third kappa shape index (κ3) is 2.90. The van der Waals surface area contributed by atoms with Crippen LogP contribution in [0.2, 0.25) is 0 Å². The second kappa shape index (κ2) is 6.99. The van der Waals surface area contributed by atoms with Gasteiger partial charge in [-0.25, -0.2) is 4.79 Å². The van der Waals surface area contributed by atoms with E-state index < -0.39 is 0 Å². The lowest BCUT2D eigenvalue weighted by atomic mass is 9.75. The first kappa shape index (κ1) is 17.3. The minimum absolute atomic E-state index is 0.215. The number of piperidine rings is 3. The maximum Gasteiger partial charge on any atom is 0.320 e. The van der Waals surface area contributed by atoms with Crippen molar-refractivity contribution in [3.63, 3.8) is 0 Å². The molecule has 0 spiro atoms. The van der Waals surface area contributed by atoms with Gasteiger partial charge in [0.25, 0.3) is 0 Å². The Morgan fingerprint density at radius 2 is 1.89 bits per heavy atom. The van der Waals surface area contributed by atoms with Crippen molar-refractivity contribution in [2.24, 2.45) is 5.92 Å². The predicted octanol–water partition coefficient (Wildman–Crippen LogP) is 2.01. The molecule has 5 aliphatic rings. The molecule has 6 rings (SSSR count). The van der Waals surface area contributed by atoms with E-state index in [1.54, 1.807) is 7.11 Å². The fraction of sp³-hybridized carbons (Fsp3) is 0.667. The summed E-state index contributed by atoms with van der Waals surface area (Å²) in [5, 5.41) is 0. The Hall–Kier alpha value is -1.79. The molecule has 0 radical (unpaired) electrons. The van der Waals surface area contributed by atoms with Crippen LogP contribution >= 0.6 is 0 Å². The standard InChI is InChI=1S/C21H29N3O3/c1-26-17-4-2-3-16(13-17)18-14-24(21(25)23-9-11-27-12-10-23)19-15-5-7-22(8-6-15)20(18)19/h2-4,13,15,18-20H,5-12,14H2,1H3/t18-,19-,20-/m1/s1. The van der Waals surface area contributed by atoms with Crippen molar-refractivity contribution in [3.05, 3.63) is 29.8 Å². The van der Waals surface area contributed by atoms with E-state index in [0.717, 1.165) is 12.3 Å². The van der Waals surface area contributed by atoms with Crippen LogP contribution in [0.15, 0.2) is 24.3 Å². The number of ether oxygens (including phenoxy) is 2. The predicted molar refractivity (Wildman–Crippen MR) is 102 cm³/mol. The number of carbonyl (C=O) groups excluding carboxylic acids is 1. The van der Waals surface area contributed by atoms with Crippen LogP contribution in [0.1, 0.15) is 24.3 Å². The van der Waals surface area contributed by atoms with Gasteiger partial charge in [-0.15, -0.1) is 0 Å². The number of likely N-dealkylation sites (tertiary alicyclic amines) is 1. The van der Waals surface area contributed by atoms with Gasteiger partial charge >= 0.3 is 6.03 Å². The molecular formula is C21H29N3O3. The molecule has 2 amide bonds. The summed E-state index contributed by atoms with van der Waals surface area (Å²) in [6, 6.07) is 9.44. The molecule has 5 aliphatic heterocycles. The molecule has 0 unspecified atom stereocenters. The summed E-state index contributed by atoms with van der Waals surface area (Å²) in [7, 11) is 1.72. The molecular weight excluding hydrogens is 342 g/mol. The summed E-state index contributed by atoms with van der Waals surface area (Å²) < 4.78 is 10.9. The first-order chi connectivity index (χ1) is 13.3. The number of hydrogen-bond acceptors (Lipinski definition) is 4. The number of benzene rings is 1. The number of urea groups is 1. The van der Waals surface area contributed by atoms with Gasteiger partial charge in [0.2, 0.25) is 0 Å². The summed E-state index contributed by atoms with van der Waals surface area (Å²) in [6.45, 7) is 5.89. The summed E-state index contributed by atoms with van der Waals surface area (Å²) in [5.74, 6) is 1.90. The number of nitrogens with zero attached hydrogens (tertiary/aromatic N) is 3. The molecule has 5 saturated heterocycles. The average molecular weight is 371 g/mol. The third-order valence-corrected chi connectivity index (χ3v) is 7.04. The van der Waals surface area contributed by atoms with E-state index in [0.29, 0.717) is 50.2 Å². The van der Waals surface area contributed by atoms with Crippen LogP contribution in [0, 0.1) is 5.92 Å². The molecule has 5 heterocycles. The van der Waals surface area contributed by atoms with Gasteiger partial charge in [-0.2, -0.15) is 0 Å². The highest BCUT2D eigenvalue weighted by molar-refractivity contribution is 5.76. The van der Waals surface area contributed by atoms with Crippen molar-refractivity contribution >= 4 is 6.03 Å². The molecule has 6 nitrogen and oxygen atoms in total. The normalized spacial score (nSPS) is 35.2. The lowest BCUT2D eigenvalue weighted by molar-refractivity contribution is -0.00722. The number of morpholine rings is 1. The van der Waals surface area contributed by atoms with Gasteiger partial charge in [-0.3, -0.25) is 4.90 Å². The maximum absolute atomic E-state index is 13.4. The zero-order chi connectivity index (χ0) is 18.4. The maximum atomic E-state index is 13.4. The van der Waals surface area contributed by atoms with E-state index in [1.807, 2.05) is 11.0 Å². The highest BCUT2D eigenvalue weighted by Crippen LogP contribution is 2.47. The fourth-order valence-corrected chi connectivity index (χ4v) is 5.74. The Morgan fingerprint density at radius 3 is 2.63 bits per heavy atom. The van der Waals surface area contributed by atoms with E-state index in [4.69, 9.17) is 9.47 Å². The molecule has 6 heteroatoms. The first-order valence-corrected chi connectivity index (χ1v) is 10.3. The van der Waals surface area contributed by atoms with E-state index in [2.05, 4.69) is 28.0 Å². The monoisotopic (exact) mass is 371 g/mol. The number of amides is 2. The van der Waals surface area contributed by atoms with Crippen LogP contribution in [0.3, 0.4) is 0 Å². The number of carbonyl (C=O) groups is 1. The molecule has 1 aromatic carbocycles. The number of hydrogen-bond donors (Lipinski definition) is 0. The fourth-order valence-electron chi connectivity index (χ4n) is 5.74. The topological polar surface area (TPSA) is 45.3 Å². The van der Waals surface area contributed by atoms with Gasteiger partial charge in [0.15, 0.2) is 0 Å². The van der Waals surface area contributed by atoms with Crippen molar-refractivity contribution in [2.75, 3.05) is 53.0 Å². The van der Waals surface area contributed by atoms with E-state index in [-0.39, 0.29) is 6.03 Å². The summed E-state index contributed by atoms with van der Waals surface area (Å²) >= 11 is 0. The quantitative estimate of drug-likeness (QED) is 0.798. The summed E-state index contributed by atoms with van der Waals surface area (Å²) in [6.07, 6.45) is 2.44. The van der Waals surface area contributed by atoms with Crippen LogP contribution < -0.4 is 4.74 Å². The van der Waals surface area contributed by atoms with Crippen LogP contribution in [0.5, 0.6) is 5.75 Å². The Bertz CT molecular complexity index is 698. The second-order valence-electron chi connectivity index (χ2n) is 8.27. The lowest BCUT2D eigenvalue weighted by Gasteiger charge is -2.51. The number of rotatable bonds is 2. The van der Waals surface area contributed by atoms with E-state index in [1.165, 1.54) is 31.5 Å². The van der Waals surface area contributed by atoms with E-state index >= 15 is 0 Å². The Labute approximate surface area is 161 Å². The number of methoxy groups -OCH3 is 1. The molecule has 5 fully saturated rings. The van der Waals surface area contributed by atoms with Crippen molar-refractivity contribution in [1.82, 2.24) is 14.7 Å². The largest absolute Gasteiger partial charge is 0.497 e. The molecule has 0 saturated carbocycles.